The maximum atomic E-state index is 14.2. The third-order valence-corrected chi connectivity index (χ3v) is 7.34. The summed E-state index contributed by atoms with van der Waals surface area (Å²) in [5.41, 5.74) is -0.702. The number of esters is 1. The fourth-order valence-electron chi connectivity index (χ4n) is 4.32. The molecule has 1 atom stereocenters. The van der Waals surface area contributed by atoms with Crippen LogP contribution in [0.4, 0.5) is 18.9 Å². The van der Waals surface area contributed by atoms with Gasteiger partial charge in [-0.1, -0.05) is 47.2 Å². The van der Waals surface area contributed by atoms with E-state index >= 15 is 0 Å². The average molecular weight is 564 g/mol. The molecule has 0 N–H and O–H groups in total. The van der Waals surface area contributed by atoms with E-state index in [1.54, 1.807) is 6.08 Å². The molecule has 200 valence electrons. The number of hydrogen-bond acceptors (Lipinski definition) is 6. The van der Waals surface area contributed by atoms with Crippen molar-refractivity contribution < 1.29 is 22.7 Å². The summed E-state index contributed by atoms with van der Waals surface area (Å²) in [6.45, 7) is 7.12. The first-order valence-corrected chi connectivity index (χ1v) is 13.2. The molecule has 0 fully saturated rings. The molecule has 0 saturated carbocycles. The molecule has 0 saturated heterocycles. The van der Waals surface area contributed by atoms with Gasteiger partial charge in [0.2, 0.25) is 0 Å². The van der Waals surface area contributed by atoms with Crippen molar-refractivity contribution in [3.05, 3.63) is 95.6 Å². The van der Waals surface area contributed by atoms with Crippen molar-refractivity contribution in [2.24, 2.45) is 4.99 Å². The number of anilines is 1. The summed E-state index contributed by atoms with van der Waals surface area (Å²) < 4.78 is 48.8. The summed E-state index contributed by atoms with van der Waals surface area (Å²) in [4.78, 5) is 32.2. The Morgan fingerprint density at radius 2 is 1.74 bits per heavy atom. The number of alkyl halides is 3. The fourth-order valence-corrected chi connectivity index (χ4v) is 5.45. The molecular formula is C27H25ClF3N3O3S. The summed E-state index contributed by atoms with van der Waals surface area (Å²) in [6, 6.07) is 12.1. The zero-order valence-electron chi connectivity index (χ0n) is 20.9. The highest BCUT2D eigenvalue weighted by molar-refractivity contribution is 7.07. The molecule has 38 heavy (non-hydrogen) atoms. The van der Waals surface area contributed by atoms with E-state index in [1.165, 1.54) is 31.2 Å². The number of halogens is 4. The largest absolute Gasteiger partial charge is 0.463 e. The molecule has 0 radical (unpaired) electrons. The van der Waals surface area contributed by atoms with Gasteiger partial charge in [-0.05, 0) is 62.2 Å². The highest BCUT2D eigenvalue weighted by Crippen LogP contribution is 2.38. The van der Waals surface area contributed by atoms with E-state index < -0.39 is 35.0 Å². The first kappa shape index (κ1) is 27.7. The molecule has 3 aromatic rings. The van der Waals surface area contributed by atoms with Crippen molar-refractivity contribution in [2.75, 3.05) is 24.6 Å². The Morgan fingerprint density at radius 1 is 1.11 bits per heavy atom. The number of allylic oxidation sites excluding steroid dienone is 1. The molecule has 1 aliphatic heterocycles. The summed E-state index contributed by atoms with van der Waals surface area (Å²) >= 11 is 6.83. The number of rotatable bonds is 7. The monoisotopic (exact) mass is 563 g/mol. The Kier molecular flexibility index (Phi) is 8.13. The minimum absolute atomic E-state index is 0.144. The topological polar surface area (TPSA) is 63.9 Å². The maximum Gasteiger partial charge on any atom is 0.434 e. The second kappa shape index (κ2) is 11.2. The molecule has 0 aliphatic carbocycles. The molecule has 1 aromatic heterocycles. The smallest absolute Gasteiger partial charge is 0.434 e. The van der Waals surface area contributed by atoms with E-state index in [1.807, 2.05) is 24.3 Å². The quantitative estimate of drug-likeness (QED) is 0.386. The van der Waals surface area contributed by atoms with Gasteiger partial charge in [-0.3, -0.25) is 9.36 Å². The maximum absolute atomic E-state index is 14.2. The number of hydrogen-bond donors (Lipinski definition) is 0. The number of carbonyl (C=O) groups is 1. The van der Waals surface area contributed by atoms with Gasteiger partial charge in [0.1, 0.15) is 0 Å². The molecule has 2 aromatic carbocycles. The predicted molar refractivity (Wildman–Crippen MR) is 142 cm³/mol. The van der Waals surface area contributed by atoms with Crippen molar-refractivity contribution in [2.45, 2.75) is 33.0 Å². The second-order valence-corrected chi connectivity index (χ2v) is 9.82. The third kappa shape index (κ3) is 5.42. The van der Waals surface area contributed by atoms with E-state index in [4.69, 9.17) is 16.3 Å². The fraction of sp³-hybridized carbons (Fsp3) is 0.296. The summed E-state index contributed by atoms with van der Waals surface area (Å²) in [7, 11) is 0. The van der Waals surface area contributed by atoms with Gasteiger partial charge in [-0.25, -0.2) is 9.79 Å². The number of aromatic nitrogens is 1. The Morgan fingerprint density at radius 3 is 2.29 bits per heavy atom. The van der Waals surface area contributed by atoms with E-state index in [0.717, 1.165) is 34.7 Å². The van der Waals surface area contributed by atoms with Crippen LogP contribution in [0.25, 0.3) is 6.08 Å². The highest BCUT2D eigenvalue weighted by Gasteiger charge is 2.45. The van der Waals surface area contributed by atoms with Crippen molar-refractivity contribution in [1.82, 2.24) is 4.57 Å². The van der Waals surface area contributed by atoms with Crippen molar-refractivity contribution in [3.63, 3.8) is 0 Å². The van der Waals surface area contributed by atoms with Crippen LogP contribution in [0.3, 0.4) is 0 Å². The van der Waals surface area contributed by atoms with Gasteiger partial charge in [0.25, 0.3) is 5.56 Å². The van der Waals surface area contributed by atoms with Crippen molar-refractivity contribution in [1.29, 1.82) is 0 Å². The molecule has 2 heterocycles. The van der Waals surface area contributed by atoms with Gasteiger partial charge in [-0.2, -0.15) is 13.2 Å². The number of thiazole rings is 1. The van der Waals surface area contributed by atoms with Crippen LogP contribution in [0.5, 0.6) is 0 Å². The lowest BCUT2D eigenvalue weighted by atomic mass is 9.95. The van der Waals surface area contributed by atoms with Gasteiger partial charge in [0, 0.05) is 23.8 Å². The summed E-state index contributed by atoms with van der Waals surface area (Å²) in [5.74, 6) is -1.19. The van der Waals surface area contributed by atoms with E-state index in [2.05, 4.69) is 23.7 Å². The number of benzene rings is 2. The molecular weight excluding hydrogens is 539 g/mol. The second-order valence-electron chi connectivity index (χ2n) is 8.38. The van der Waals surface area contributed by atoms with E-state index in [9.17, 15) is 22.8 Å². The van der Waals surface area contributed by atoms with Gasteiger partial charge in [0.15, 0.2) is 10.5 Å². The number of ether oxygens (including phenoxy) is 1. The Labute approximate surface area is 226 Å². The molecule has 0 bridgehead atoms. The Bertz CT molecular complexity index is 1540. The Balaban J connectivity index is 1.94. The zero-order valence-corrected chi connectivity index (χ0v) is 22.5. The lowest BCUT2D eigenvalue weighted by Crippen LogP contribution is -2.41. The van der Waals surface area contributed by atoms with E-state index in [0.29, 0.717) is 10.6 Å². The lowest BCUT2D eigenvalue weighted by molar-refractivity contribution is -0.140. The number of fused-ring (bicyclic) bond motifs is 1. The van der Waals surface area contributed by atoms with Crippen LogP contribution in [-0.4, -0.2) is 36.4 Å². The molecule has 0 unspecified atom stereocenters. The van der Waals surface area contributed by atoms with Crippen LogP contribution in [0.1, 0.15) is 37.9 Å². The molecule has 6 nitrogen and oxygen atoms in total. The summed E-state index contributed by atoms with van der Waals surface area (Å²) in [6.07, 6.45) is -3.35. The molecule has 0 spiro atoms. The molecule has 1 aliphatic rings. The Hall–Kier alpha value is -3.37. The normalized spacial score (nSPS) is 15.8. The van der Waals surface area contributed by atoms with Gasteiger partial charge < -0.3 is 9.64 Å². The van der Waals surface area contributed by atoms with Crippen LogP contribution in [0.15, 0.2) is 69.6 Å². The standard InChI is InChI=1S/C27H25ClF3N3O3S/c1-4-33(5-2)19-13-7-16(8-14-19)15-20-24(35)34-22(17-9-11-18(28)12-10-17)21(25(36)37-6-3)23(27(29,30)31)32-26(34)38-20/h7-15,22H,4-6H2,1-3H3/b20-15-/t22-/m0/s1. The van der Waals surface area contributed by atoms with Crippen LogP contribution in [0.2, 0.25) is 5.02 Å². The van der Waals surface area contributed by atoms with Crippen molar-refractivity contribution in [3.8, 4) is 0 Å². The van der Waals surface area contributed by atoms with Gasteiger partial charge in [-0.15, -0.1) is 0 Å². The highest BCUT2D eigenvalue weighted by atomic mass is 35.5. The SMILES string of the molecule is CCOC(=O)C1=C(C(F)(F)F)N=c2s/c(=C\c3ccc(N(CC)CC)cc3)c(=O)n2[C@H]1c1ccc(Cl)cc1. The van der Waals surface area contributed by atoms with Gasteiger partial charge in [0.05, 0.1) is 22.8 Å². The summed E-state index contributed by atoms with van der Waals surface area (Å²) in [5, 5.41) is 0.354. The third-order valence-electron chi connectivity index (χ3n) is 6.10. The van der Waals surface area contributed by atoms with Crippen LogP contribution in [0, 0.1) is 0 Å². The lowest BCUT2D eigenvalue weighted by Gasteiger charge is -2.26. The average Bonchev–Trinajstić information content (AvgIpc) is 3.19. The zero-order chi connectivity index (χ0) is 27.6. The first-order valence-electron chi connectivity index (χ1n) is 12.0. The minimum Gasteiger partial charge on any atom is -0.463 e. The van der Waals surface area contributed by atoms with Crippen LogP contribution in [-0.2, 0) is 9.53 Å². The van der Waals surface area contributed by atoms with Crippen LogP contribution < -0.4 is 19.8 Å². The molecule has 4 rings (SSSR count). The number of carbonyl (C=O) groups excluding carboxylic acids is 1. The molecule has 11 heteroatoms. The van der Waals surface area contributed by atoms with Crippen LogP contribution >= 0.6 is 22.9 Å². The van der Waals surface area contributed by atoms with Gasteiger partial charge >= 0.3 is 12.1 Å². The number of nitrogens with zero attached hydrogens (tertiary/aromatic N) is 3. The molecule has 0 amide bonds. The minimum atomic E-state index is -4.96. The predicted octanol–water partition coefficient (Wildman–Crippen LogP) is 4.84. The van der Waals surface area contributed by atoms with E-state index in [-0.39, 0.29) is 21.5 Å². The first-order chi connectivity index (χ1) is 18.1. The van der Waals surface area contributed by atoms with Crippen molar-refractivity contribution >= 4 is 40.7 Å².